The molecule has 30 heavy (non-hydrogen) atoms. The summed E-state index contributed by atoms with van der Waals surface area (Å²) in [6.07, 6.45) is 0.208. The number of fused-ring (bicyclic) bond motifs is 1. The van der Waals surface area contributed by atoms with E-state index in [1.807, 2.05) is 0 Å². The van der Waals surface area contributed by atoms with Crippen LogP contribution in [0.1, 0.15) is 44.7 Å². The maximum absolute atomic E-state index is 12.7. The third-order valence-corrected chi connectivity index (χ3v) is 9.92. The highest BCUT2D eigenvalue weighted by Gasteiger charge is 2.42. The number of ether oxygens (including phenoxy) is 1. The van der Waals surface area contributed by atoms with Crippen molar-refractivity contribution in [3.05, 3.63) is 11.6 Å². The summed E-state index contributed by atoms with van der Waals surface area (Å²) < 4.78 is 53.7. The van der Waals surface area contributed by atoms with E-state index >= 15 is 0 Å². The van der Waals surface area contributed by atoms with E-state index in [-0.39, 0.29) is 40.2 Å². The molecule has 0 fully saturated rings. The Hall–Kier alpha value is -1.33. The van der Waals surface area contributed by atoms with Crippen LogP contribution in [-0.2, 0) is 29.4 Å². The second-order valence-corrected chi connectivity index (χ2v) is 12.1. The normalized spacial score (nSPS) is 20.7. The molecule has 1 aliphatic heterocycles. The highest BCUT2D eigenvalue weighted by atomic mass is 32.3. The van der Waals surface area contributed by atoms with Crippen LogP contribution in [0, 0.1) is 0 Å². The lowest BCUT2D eigenvalue weighted by molar-refractivity contribution is -0.492. The van der Waals surface area contributed by atoms with Crippen molar-refractivity contribution in [2.45, 2.75) is 52.8 Å². The Bertz CT molecular complexity index is 959. The Labute approximate surface area is 178 Å². The third-order valence-electron chi connectivity index (χ3n) is 4.61. The Morgan fingerprint density at radius 2 is 1.97 bits per heavy atom. The highest BCUT2D eigenvalue weighted by molar-refractivity contribution is 7.95. The van der Waals surface area contributed by atoms with Gasteiger partial charge in [0.1, 0.15) is 8.42 Å². The average Bonchev–Trinajstić information content (AvgIpc) is 3.10. The van der Waals surface area contributed by atoms with Gasteiger partial charge in [-0.2, -0.15) is 0 Å². The van der Waals surface area contributed by atoms with Crippen LogP contribution >= 0.6 is 11.3 Å². The molecule has 172 valence electrons. The number of hydrogen-bond acceptors (Lipinski definition) is 11. The van der Waals surface area contributed by atoms with Crippen LogP contribution in [0.2, 0.25) is 0 Å². The fraction of sp³-hybridized carbons (Fsp3) is 0.667. The van der Waals surface area contributed by atoms with E-state index in [2.05, 4.69) is 4.84 Å². The molecule has 0 spiro atoms. The predicted octanol–water partition coefficient (Wildman–Crippen LogP) is 1.25. The molecule has 2 rings (SSSR count). The molecule has 1 aliphatic rings. The number of hydrogen-bond donors (Lipinski definition) is 3. The molecule has 1 amide bonds. The molecule has 0 saturated heterocycles. The number of sulfone groups is 1. The molecule has 1 aromatic heterocycles. The van der Waals surface area contributed by atoms with Crippen molar-refractivity contribution in [3.8, 4) is 0 Å². The van der Waals surface area contributed by atoms with Crippen molar-refractivity contribution in [2.24, 2.45) is 5.14 Å². The predicted molar refractivity (Wildman–Crippen MR) is 104 cm³/mol. The van der Waals surface area contributed by atoms with Gasteiger partial charge >= 0.3 is 6.09 Å². The SMILES string of the molecule is CCN(C(=O)OCCCCON(O)O)[C@H]1CC(C)S(=O)(=O)c2sc(S(N)(=O)=O)cc21. The van der Waals surface area contributed by atoms with Crippen molar-refractivity contribution < 1.29 is 41.6 Å². The van der Waals surface area contributed by atoms with Crippen LogP contribution in [0.25, 0.3) is 0 Å². The van der Waals surface area contributed by atoms with Crippen molar-refractivity contribution >= 4 is 37.3 Å². The second-order valence-electron chi connectivity index (χ2n) is 6.65. The monoisotopic (exact) mass is 487 g/mol. The fourth-order valence-electron chi connectivity index (χ4n) is 3.08. The molecule has 0 radical (unpaired) electrons. The van der Waals surface area contributed by atoms with Gasteiger partial charge in [-0.1, -0.05) is 0 Å². The van der Waals surface area contributed by atoms with Crippen LogP contribution in [0.3, 0.4) is 0 Å². The molecular formula is C15H25N3O9S3. The number of rotatable bonds is 9. The van der Waals surface area contributed by atoms with E-state index in [0.29, 0.717) is 24.2 Å². The number of sulfonamides is 1. The molecular weight excluding hydrogens is 462 g/mol. The number of thiophene rings is 1. The molecule has 0 bridgehead atoms. The van der Waals surface area contributed by atoms with E-state index in [1.165, 1.54) is 17.9 Å². The van der Waals surface area contributed by atoms with Crippen LogP contribution in [0.5, 0.6) is 0 Å². The molecule has 15 heteroatoms. The summed E-state index contributed by atoms with van der Waals surface area (Å²) >= 11 is 0.587. The second kappa shape index (κ2) is 9.86. The minimum absolute atomic E-state index is 0.00858. The summed E-state index contributed by atoms with van der Waals surface area (Å²) in [5.74, 6) is 0. The zero-order valence-corrected chi connectivity index (χ0v) is 18.9. The fourth-order valence-corrected chi connectivity index (χ4v) is 7.47. The standard InChI is InChI=1S/C15H25N3O9S3/c1-3-17(15(19)26-6-4-5-7-27-18(20)21)12-8-10(2)29(22,23)14-11(12)9-13(28-14)30(16,24)25/h9-10,12,20-21H,3-8H2,1-2H3,(H2,16,24,25)/t10?,12-/m0/s1. The number of primary sulfonamides is 1. The van der Waals surface area contributed by atoms with Gasteiger partial charge in [-0.3, -0.25) is 15.3 Å². The van der Waals surface area contributed by atoms with Gasteiger partial charge in [0, 0.05) is 12.1 Å². The number of carbonyl (C=O) groups excluding carboxylic acids is 1. The minimum Gasteiger partial charge on any atom is -0.449 e. The molecule has 12 nitrogen and oxygen atoms in total. The summed E-state index contributed by atoms with van der Waals surface area (Å²) in [5.41, 5.74) is 0.223. The molecule has 2 heterocycles. The first-order valence-corrected chi connectivity index (χ1v) is 12.9. The number of unbranched alkanes of at least 4 members (excludes halogenated alkanes) is 1. The van der Waals surface area contributed by atoms with Crippen LogP contribution in [0.15, 0.2) is 14.5 Å². The molecule has 0 saturated carbocycles. The maximum atomic E-state index is 12.7. The van der Waals surface area contributed by atoms with Gasteiger partial charge in [-0.05, 0) is 39.2 Å². The largest absolute Gasteiger partial charge is 0.449 e. The number of carbonyl (C=O) groups is 1. The summed E-state index contributed by atoms with van der Waals surface area (Å²) in [4.78, 5) is 18.3. The van der Waals surface area contributed by atoms with Gasteiger partial charge in [0.2, 0.25) is 10.0 Å². The van der Waals surface area contributed by atoms with E-state index in [4.69, 9.17) is 20.3 Å². The van der Waals surface area contributed by atoms with Crippen molar-refractivity contribution in [1.29, 1.82) is 0 Å². The highest BCUT2D eigenvalue weighted by Crippen LogP contribution is 2.45. The van der Waals surface area contributed by atoms with Gasteiger partial charge in [-0.15, -0.1) is 11.3 Å². The van der Waals surface area contributed by atoms with E-state index < -0.39 is 42.6 Å². The molecule has 1 unspecified atom stereocenters. The average molecular weight is 488 g/mol. The number of nitrogens with two attached hydrogens (primary N) is 1. The molecule has 1 aromatic rings. The summed E-state index contributed by atoms with van der Waals surface area (Å²) in [6, 6.07) is 0.537. The Kier molecular flexibility index (Phi) is 8.20. The van der Waals surface area contributed by atoms with Gasteiger partial charge in [0.25, 0.3) is 0 Å². The van der Waals surface area contributed by atoms with Gasteiger partial charge in [-0.25, -0.2) is 26.8 Å². The third kappa shape index (κ3) is 5.67. The van der Waals surface area contributed by atoms with Crippen molar-refractivity contribution in [1.82, 2.24) is 10.3 Å². The molecule has 0 aromatic carbocycles. The van der Waals surface area contributed by atoms with Gasteiger partial charge in [0.05, 0.1) is 29.9 Å². The topological polar surface area (TPSA) is 177 Å². The molecule has 0 aliphatic carbocycles. The summed E-state index contributed by atoms with van der Waals surface area (Å²) in [5, 5.41) is 20.8. The summed E-state index contributed by atoms with van der Waals surface area (Å²) in [7, 11) is -7.84. The zero-order valence-electron chi connectivity index (χ0n) is 16.4. The summed E-state index contributed by atoms with van der Waals surface area (Å²) in [6.45, 7) is 3.46. The minimum atomic E-state index is -4.10. The van der Waals surface area contributed by atoms with Crippen LogP contribution < -0.4 is 5.14 Å². The van der Waals surface area contributed by atoms with E-state index in [1.54, 1.807) is 6.92 Å². The Morgan fingerprint density at radius 1 is 1.33 bits per heavy atom. The zero-order chi connectivity index (χ0) is 22.7. The Balaban J connectivity index is 2.18. The van der Waals surface area contributed by atoms with Gasteiger partial charge in [0.15, 0.2) is 9.84 Å². The molecule has 2 atom stereocenters. The van der Waals surface area contributed by atoms with E-state index in [0.717, 1.165) is 0 Å². The number of nitrogens with zero attached hydrogens (tertiary/aromatic N) is 2. The van der Waals surface area contributed by atoms with Crippen molar-refractivity contribution in [3.63, 3.8) is 0 Å². The quantitative estimate of drug-likeness (QED) is 0.339. The van der Waals surface area contributed by atoms with Gasteiger partial charge < -0.3 is 9.64 Å². The Morgan fingerprint density at radius 3 is 2.53 bits per heavy atom. The molecule has 4 N–H and O–H groups in total. The first-order chi connectivity index (χ1) is 13.9. The first-order valence-electron chi connectivity index (χ1n) is 9.04. The first kappa shape index (κ1) is 24.9. The van der Waals surface area contributed by atoms with E-state index in [9.17, 15) is 21.6 Å². The number of amides is 1. The lowest BCUT2D eigenvalue weighted by atomic mass is 10.0. The van der Waals surface area contributed by atoms with Crippen molar-refractivity contribution in [2.75, 3.05) is 19.8 Å². The van der Waals surface area contributed by atoms with Crippen LogP contribution in [-0.4, -0.2) is 68.6 Å². The lowest BCUT2D eigenvalue weighted by Gasteiger charge is -2.35. The lowest BCUT2D eigenvalue weighted by Crippen LogP contribution is -2.40. The smallest absolute Gasteiger partial charge is 0.410 e. The maximum Gasteiger partial charge on any atom is 0.410 e. The van der Waals surface area contributed by atoms with Crippen LogP contribution in [0.4, 0.5) is 4.79 Å².